The van der Waals surface area contributed by atoms with Gasteiger partial charge in [-0.25, -0.2) is 8.78 Å². The lowest BCUT2D eigenvalue weighted by molar-refractivity contribution is 0.177. The first-order valence-electron chi connectivity index (χ1n) is 6.31. The van der Waals surface area contributed by atoms with Gasteiger partial charge >= 0.3 is 0 Å². The first kappa shape index (κ1) is 13.7. The van der Waals surface area contributed by atoms with Crippen molar-refractivity contribution >= 4 is 0 Å². The minimum atomic E-state index is -0.786. The summed E-state index contributed by atoms with van der Waals surface area (Å²) in [4.78, 5) is 0. The van der Waals surface area contributed by atoms with Crippen molar-refractivity contribution in [2.75, 3.05) is 0 Å². The molecule has 1 nitrogen and oxygen atoms in total. The first-order valence-corrected chi connectivity index (χ1v) is 6.31. The molecule has 0 spiro atoms. The second-order valence-electron chi connectivity index (χ2n) is 4.55. The molecule has 1 atom stereocenters. The van der Waals surface area contributed by atoms with Gasteiger partial charge in [0.05, 0.1) is 6.10 Å². The predicted octanol–water partition coefficient (Wildman–Crippen LogP) is 3.80. The van der Waals surface area contributed by atoms with Crippen LogP contribution in [-0.2, 0) is 12.8 Å². The van der Waals surface area contributed by atoms with Crippen molar-refractivity contribution in [2.24, 2.45) is 0 Å². The summed E-state index contributed by atoms with van der Waals surface area (Å²) in [7, 11) is 0. The Labute approximate surface area is 111 Å². The maximum atomic E-state index is 13.5. The lowest BCUT2D eigenvalue weighted by Gasteiger charge is -2.12. The molecule has 0 fully saturated rings. The Bertz CT molecular complexity index is 549. The van der Waals surface area contributed by atoms with E-state index in [0.29, 0.717) is 5.56 Å². The van der Waals surface area contributed by atoms with Gasteiger partial charge in [0.2, 0.25) is 0 Å². The largest absolute Gasteiger partial charge is 0.388 e. The minimum Gasteiger partial charge on any atom is -0.388 e. The molecule has 100 valence electrons. The number of benzene rings is 2. The van der Waals surface area contributed by atoms with E-state index < -0.39 is 17.7 Å². The van der Waals surface area contributed by atoms with E-state index in [9.17, 15) is 13.9 Å². The van der Waals surface area contributed by atoms with Crippen molar-refractivity contribution in [3.05, 3.63) is 70.8 Å². The smallest absolute Gasteiger partial charge is 0.129 e. The van der Waals surface area contributed by atoms with Crippen LogP contribution in [0.4, 0.5) is 8.78 Å². The average molecular weight is 262 g/mol. The lowest BCUT2D eigenvalue weighted by Crippen LogP contribution is -2.04. The van der Waals surface area contributed by atoms with Crippen LogP contribution >= 0.6 is 0 Å². The zero-order valence-corrected chi connectivity index (χ0v) is 10.7. The molecule has 0 aliphatic heterocycles. The molecule has 0 aromatic heterocycles. The summed E-state index contributed by atoms with van der Waals surface area (Å²) in [6.45, 7) is 2.05. The van der Waals surface area contributed by atoms with Crippen molar-refractivity contribution < 1.29 is 13.9 Å². The average Bonchev–Trinajstić information content (AvgIpc) is 2.42. The summed E-state index contributed by atoms with van der Waals surface area (Å²) in [5.74, 6) is -1.23. The van der Waals surface area contributed by atoms with Crippen LogP contribution in [0.2, 0.25) is 0 Å². The summed E-state index contributed by atoms with van der Waals surface area (Å²) in [5.41, 5.74) is 2.23. The highest BCUT2D eigenvalue weighted by molar-refractivity contribution is 5.27. The van der Waals surface area contributed by atoms with Crippen LogP contribution in [0, 0.1) is 11.6 Å². The van der Waals surface area contributed by atoms with Crippen molar-refractivity contribution in [3.8, 4) is 0 Å². The molecule has 0 heterocycles. The number of aryl methyl sites for hydroxylation is 1. The van der Waals surface area contributed by atoms with Crippen LogP contribution in [0.1, 0.15) is 29.7 Å². The third-order valence-electron chi connectivity index (χ3n) is 3.20. The number of hydrogen-bond donors (Lipinski definition) is 1. The monoisotopic (exact) mass is 262 g/mol. The van der Waals surface area contributed by atoms with E-state index in [4.69, 9.17) is 0 Å². The first-order chi connectivity index (χ1) is 9.10. The van der Waals surface area contributed by atoms with Gasteiger partial charge in [0.1, 0.15) is 11.6 Å². The normalized spacial score (nSPS) is 12.4. The zero-order chi connectivity index (χ0) is 13.8. The summed E-state index contributed by atoms with van der Waals surface area (Å²) in [6.07, 6.45) is 0.284. The molecule has 19 heavy (non-hydrogen) atoms. The zero-order valence-electron chi connectivity index (χ0n) is 10.7. The van der Waals surface area contributed by atoms with Gasteiger partial charge in [-0.05, 0) is 29.2 Å². The number of halogens is 2. The molecular formula is C16H16F2O. The Morgan fingerprint density at radius 2 is 1.74 bits per heavy atom. The highest BCUT2D eigenvalue weighted by atomic mass is 19.1. The molecule has 3 heteroatoms. The van der Waals surface area contributed by atoms with E-state index in [1.54, 1.807) is 0 Å². The van der Waals surface area contributed by atoms with Crippen LogP contribution in [0.5, 0.6) is 0 Å². The van der Waals surface area contributed by atoms with E-state index in [1.807, 2.05) is 24.3 Å². The molecule has 0 aliphatic rings. The number of hydrogen-bond acceptors (Lipinski definition) is 1. The maximum absolute atomic E-state index is 13.5. The SMILES string of the molecule is CCc1ccc(C(O)Cc2ccc(F)cc2F)cc1. The summed E-state index contributed by atoms with van der Waals surface area (Å²) in [6, 6.07) is 11.0. The molecule has 1 unspecified atom stereocenters. The molecule has 2 aromatic rings. The summed E-state index contributed by atoms with van der Waals surface area (Å²) in [5, 5.41) is 10.1. The van der Waals surface area contributed by atoms with Gasteiger partial charge in [0.25, 0.3) is 0 Å². The quantitative estimate of drug-likeness (QED) is 0.888. The van der Waals surface area contributed by atoms with Gasteiger partial charge < -0.3 is 5.11 Å². The van der Waals surface area contributed by atoms with E-state index >= 15 is 0 Å². The Kier molecular flexibility index (Phi) is 4.27. The van der Waals surface area contributed by atoms with Gasteiger partial charge in [-0.3, -0.25) is 0 Å². The Morgan fingerprint density at radius 1 is 1.05 bits per heavy atom. The van der Waals surface area contributed by atoms with Gasteiger partial charge in [0.15, 0.2) is 0 Å². The lowest BCUT2D eigenvalue weighted by atomic mass is 9.99. The van der Waals surface area contributed by atoms with Crippen LogP contribution in [0.25, 0.3) is 0 Å². The van der Waals surface area contributed by atoms with Crippen molar-refractivity contribution in [3.63, 3.8) is 0 Å². The molecule has 0 aliphatic carbocycles. The minimum absolute atomic E-state index is 0.136. The molecule has 2 aromatic carbocycles. The predicted molar refractivity (Wildman–Crippen MR) is 70.8 cm³/mol. The van der Waals surface area contributed by atoms with Crippen LogP contribution < -0.4 is 0 Å². The van der Waals surface area contributed by atoms with E-state index in [2.05, 4.69) is 6.92 Å². The van der Waals surface area contributed by atoms with Crippen LogP contribution in [0.3, 0.4) is 0 Å². The summed E-state index contributed by atoms with van der Waals surface area (Å²) < 4.78 is 26.3. The maximum Gasteiger partial charge on any atom is 0.129 e. The van der Waals surface area contributed by atoms with Crippen LogP contribution in [-0.4, -0.2) is 5.11 Å². The van der Waals surface area contributed by atoms with Gasteiger partial charge in [-0.2, -0.15) is 0 Å². The fraction of sp³-hybridized carbons (Fsp3) is 0.250. The fourth-order valence-electron chi connectivity index (χ4n) is 1.99. The molecule has 0 radical (unpaired) electrons. The molecule has 0 bridgehead atoms. The second kappa shape index (κ2) is 5.93. The molecule has 0 amide bonds. The Balaban J connectivity index is 2.13. The molecule has 0 saturated heterocycles. The molecule has 2 rings (SSSR count). The summed E-state index contributed by atoms with van der Waals surface area (Å²) >= 11 is 0. The third-order valence-corrected chi connectivity index (χ3v) is 3.20. The van der Waals surface area contributed by atoms with Crippen molar-refractivity contribution in [1.82, 2.24) is 0 Å². The highest BCUT2D eigenvalue weighted by Crippen LogP contribution is 2.21. The van der Waals surface area contributed by atoms with E-state index in [-0.39, 0.29) is 6.42 Å². The molecule has 1 N–H and O–H groups in total. The Hall–Kier alpha value is -1.74. The Morgan fingerprint density at radius 3 is 2.32 bits per heavy atom. The second-order valence-corrected chi connectivity index (χ2v) is 4.55. The number of aliphatic hydroxyl groups is 1. The van der Waals surface area contributed by atoms with Crippen molar-refractivity contribution in [2.45, 2.75) is 25.9 Å². The van der Waals surface area contributed by atoms with Crippen LogP contribution in [0.15, 0.2) is 42.5 Å². The van der Waals surface area contributed by atoms with Gasteiger partial charge in [-0.15, -0.1) is 0 Å². The van der Waals surface area contributed by atoms with E-state index in [1.165, 1.54) is 17.7 Å². The topological polar surface area (TPSA) is 20.2 Å². The standard InChI is InChI=1S/C16H16F2O/c1-2-11-3-5-12(6-4-11)16(19)9-13-7-8-14(17)10-15(13)18/h3-8,10,16,19H,2,9H2,1H3. The van der Waals surface area contributed by atoms with Crippen molar-refractivity contribution in [1.29, 1.82) is 0 Å². The van der Waals surface area contributed by atoms with Gasteiger partial charge in [-0.1, -0.05) is 37.3 Å². The van der Waals surface area contributed by atoms with E-state index in [0.717, 1.165) is 18.1 Å². The number of rotatable bonds is 4. The third kappa shape index (κ3) is 3.38. The molecular weight excluding hydrogens is 246 g/mol. The van der Waals surface area contributed by atoms with Gasteiger partial charge in [0, 0.05) is 12.5 Å². The highest BCUT2D eigenvalue weighted by Gasteiger charge is 2.12. The fourth-order valence-corrected chi connectivity index (χ4v) is 1.99. The molecule has 0 saturated carbocycles. The number of aliphatic hydroxyl groups excluding tert-OH is 1.